The Morgan fingerprint density at radius 1 is 1.35 bits per heavy atom. The smallest absolute Gasteiger partial charge is 0.179 e. The number of aliphatic hydroxyl groups is 1. The molecular weight excluding hydrogens is 356 g/mol. The monoisotopic (exact) mass is 372 g/mol. The van der Waals surface area contributed by atoms with Gasteiger partial charge in [0, 0.05) is 24.8 Å². The molecule has 0 saturated carbocycles. The zero-order chi connectivity index (χ0) is 18.4. The summed E-state index contributed by atoms with van der Waals surface area (Å²) < 4.78 is 9.25. The number of methoxy groups -OCH3 is 1. The van der Waals surface area contributed by atoms with Gasteiger partial charge in [0.1, 0.15) is 17.5 Å². The maximum atomic E-state index is 9.75. The molecule has 0 bridgehead atoms. The van der Waals surface area contributed by atoms with Gasteiger partial charge in [-0.3, -0.25) is 5.10 Å². The van der Waals surface area contributed by atoms with Crippen LogP contribution in [0, 0.1) is 0 Å². The second-order valence-corrected chi connectivity index (χ2v) is 6.36. The summed E-state index contributed by atoms with van der Waals surface area (Å²) in [7, 11) is 3.50. The lowest BCUT2D eigenvalue weighted by atomic mass is 10.2. The van der Waals surface area contributed by atoms with Crippen molar-refractivity contribution in [2.75, 3.05) is 7.11 Å². The first kappa shape index (κ1) is 16.6. The maximum absolute atomic E-state index is 9.75. The molecule has 0 amide bonds. The summed E-state index contributed by atoms with van der Waals surface area (Å²) in [5.74, 6) is 1.45. The van der Waals surface area contributed by atoms with Crippen molar-refractivity contribution in [1.82, 2.24) is 29.3 Å². The zero-order valence-electron chi connectivity index (χ0n) is 14.4. The third-order valence-corrected chi connectivity index (χ3v) is 4.60. The van der Waals surface area contributed by atoms with Crippen molar-refractivity contribution < 1.29 is 9.84 Å². The van der Waals surface area contributed by atoms with Gasteiger partial charge in [-0.2, -0.15) is 5.10 Å². The van der Waals surface area contributed by atoms with E-state index in [1.54, 1.807) is 26.6 Å². The predicted octanol–water partition coefficient (Wildman–Crippen LogP) is 2.86. The van der Waals surface area contributed by atoms with Gasteiger partial charge < -0.3 is 19.0 Å². The summed E-state index contributed by atoms with van der Waals surface area (Å²) in [6.45, 7) is 1.62. The third-order valence-electron chi connectivity index (χ3n) is 4.31. The van der Waals surface area contributed by atoms with Crippen LogP contribution >= 0.6 is 11.6 Å². The second kappa shape index (κ2) is 6.15. The molecule has 1 unspecified atom stereocenters. The van der Waals surface area contributed by atoms with E-state index in [1.807, 2.05) is 34.5 Å². The number of fused-ring (bicyclic) bond motifs is 1. The molecule has 0 radical (unpaired) electrons. The average molecular weight is 373 g/mol. The number of rotatable bonds is 4. The number of H-pyrrole nitrogens is 1. The highest BCUT2D eigenvalue weighted by molar-refractivity contribution is 6.33. The second-order valence-electron chi connectivity index (χ2n) is 5.95. The van der Waals surface area contributed by atoms with E-state index in [9.17, 15) is 5.11 Å². The van der Waals surface area contributed by atoms with Crippen molar-refractivity contribution in [3.8, 4) is 23.0 Å². The number of aliphatic hydroxyl groups excluding tert-OH is 1. The topological polar surface area (TPSA) is 93.8 Å². The molecule has 0 aliphatic carbocycles. The minimum absolute atomic E-state index is 0.331. The Labute approximate surface area is 154 Å². The van der Waals surface area contributed by atoms with Crippen LogP contribution in [-0.4, -0.2) is 41.5 Å². The summed E-state index contributed by atoms with van der Waals surface area (Å²) in [5, 5.41) is 18.2. The Morgan fingerprint density at radius 2 is 2.15 bits per heavy atom. The molecule has 2 N–H and O–H groups in total. The van der Waals surface area contributed by atoms with E-state index in [4.69, 9.17) is 16.3 Å². The fourth-order valence-electron chi connectivity index (χ4n) is 3.06. The number of nitrogens with zero attached hydrogens (tertiary/aromatic N) is 5. The summed E-state index contributed by atoms with van der Waals surface area (Å²) in [5.41, 5.74) is 2.56. The molecule has 26 heavy (non-hydrogen) atoms. The molecule has 3 aromatic heterocycles. The summed E-state index contributed by atoms with van der Waals surface area (Å²) in [4.78, 5) is 8.59. The quantitative estimate of drug-likeness (QED) is 0.574. The van der Waals surface area contributed by atoms with Crippen LogP contribution in [-0.2, 0) is 7.05 Å². The van der Waals surface area contributed by atoms with E-state index < -0.39 is 6.10 Å². The SMILES string of the molecule is COc1cc2c(-n3ccnc3)c(-c3nc(C(C)O)n[nH]3)n(C)c2cc1Cl. The Hall–Kier alpha value is -2.84. The number of ether oxygens (including phenoxy) is 1. The van der Waals surface area contributed by atoms with Gasteiger partial charge in [-0.25, -0.2) is 9.97 Å². The Bertz CT molecular complexity index is 1080. The molecule has 0 fully saturated rings. The Morgan fingerprint density at radius 3 is 2.77 bits per heavy atom. The normalized spacial score (nSPS) is 12.7. The number of imidazole rings is 1. The van der Waals surface area contributed by atoms with Gasteiger partial charge in [-0.05, 0) is 19.1 Å². The van der Waals surface area contributed by atoms with Gasteiger partial charge in [0.05, 0.1) is 29.7 Å². The Kier molecular flexibility index (Phi) is 3.93. The highest BCUT2D eigenvalue weighted by atomic mass is 35.5. The lowest BCUT2D eigenvalue weighted by Gasteiger charge is -2.06. The van der Waals surface area contributed by atoms with Crippen molar-refractivity contribution in [3.05, 3.63) is 41.7 Å². The van der Waals surface area contributed by atoms with Gasteiger partial charge >= 0.3 is 0 Å². The van der Waals surface area contributed by atoms with E-state index >= 15 is 0 Å². The standard InChI is InChI=1S/C17H17ClN6O2/c1-9(25)16-20-17(22-21-16)15-14(24-5-4-19-8-24)10-6-13(26-3)11(18)7-12(10)23(15)2/h4-9,25H,1-3H3,(H,20,21,22). The molecule has 134 valence electrons. The molecule has 1 atom stereocenters. The van der Waals surface area contributed by atoms with E-state index in [1.165, 1.54) is 0 Å². The number of hydrogen-bond donors (Lipinski definition) is 2. The number of aromatic nitrogens is 6. The molecule has 0 saturated heterocycles. The fraction of sp³-hybridized carbons (Fsp3) is 0.235. The maximum Gasteiger partial charge on any atom is 0.179 e. The number of halogens is 1. The van der Waals surface area contributed by atoms with Crippen LogP contribution in [0.3, 0.4) is 0 Å². The van der Waals surface area contributed by atoms with Gasteiger partial charge in [0.15, 0.2) is 11.6 Å². The first-order valence-corrected chi connectivity index (χ1v) is 8.34. The van der Waals surface area contributed by atoms with E-state index in [0.29, 0.717) is 22.4 Å². The van der Waals surface area contributed by atoms with Crippen molar-refractivity contribution in [3.63, 3.8) is 0 Å². The number of hydrogen-bond acceptors (Lipinski definition) is 5. The lowest BCUT2D eigenvalue weighted by molar-refractivity contribution is 0.189. The molecule has 4 rings (SSSR count). The largest absolute Gasteiger partial charge is 0.495 e. The van der Waals surface area contributed by atoms with Crippen LogP contribution in [0.5, 0.6) is 5.75 Å². The molecular formula is C17H17ClN6O2. The molecule has 0 aliphatic rings. The van der Waals surface area contributed by atoms with E-state index in [0.717, 1.165) is 22.3 Å². The van der Waals surface area contributed by atoms with Crippen LogP contribution in [0.25, 0.3) is 28.1 Å². The first-order valence-electron chi connectivity index (χ1n) is 7.96. The van der Waals surface area contributed by atoms with Crippen LogP contribution in [0.1, 0.15) is 18.9 Å². The van der Waals surface area contributed by atoms with Gasteiger partial charge in [-0.1, -0.05) is 11.6 Å². The van der Waals surface area contributed by atoms with E-state index in [-0.39, 0.29) is 0 Å². The molecule has 0 spiro atoms. The molecule has 3 heterocycles. The number of aromatic amines is 1. The highest BCUT2D eigenvalue weighted by Crippen LogP contribution is 2.39. The number of aryl methyl sites for hydroxylation is 1. The summed E-state index contributed by atoms with van der Waals surface area (Å²) in [6, 6.07) is 3.74. The number of benzene rings is 1. The highest BCUT2D eigenvalue weighted by Gasteiger charge is 2.23. The summed E-state index contributed by atoms with van der Waals surface area (Å²) >= 11 is 6.33. The minimum Gasteiger partial charge on any atom is -0.495 e. The van der Waals surface area contributed by atoms with Crippen LogP contribution in [0.2, 0.25) is 5.02 Å². The summed E-state index contributed by atoms with van der Waals surface area (Å²) in [6.07, 6.45) is 4.51. The third kappa shape index (κ3) is 2.46. The zero-order valence-corrected chi connectivity index (χ0v) is 15.2. The van der Waals surface area contributed by atoms with Crippen molar-refractivity contribution in [1.29, 1.82) is 0 Å². The van der Waals surface area contributed by atoms with Crippen LogP contribution in [0.15, 0.2) is 30.9 Å². The van der Waals surface area contributed by atoms with Gasteiger partial charge in [-0.15, -0.1) is 0 Å². The fourth-order valence-corrected chi connectivity index (χ4v) is 3.30. The molecule has 0 aliphatic heterocycles. The van der Waals surface area contributed by atoms with Crippen molar-refractivity contribution in [2.45, 2.75) is 13.0 Å². The van der Waals surface area contributed by atoms with Crippen molar-refractivity contribution in [2.24, 2.45) is 7.05 Å². The molecule has 8 nitrogen and oxygen atoms in total. The van der Waals surface area contributed by atoms with E-state index in [2.05, 4.69) is 20.2 Å². The average Bonchev–Trinajstić information content (AvgIpc) is 3.34. The van der Waals surface area contributed by atoms with Crippen LogP contribution in [0.4, 0.5) is 0 Å². The molecule has 4 aromatic rings. The lowest BCUT2D eigenvalue weighted by Crippen LogP contribution is -1.98. The first-order chi connectivity index (χ1) is 12.5. The predicted molar refractivity (Wildman–Crippen MR) is 97.6 cm³/mol. The Balaban J connectivity index is 2.07. The van der Waals surface area contributed by atoms with Crippen molar-refractivity contribution >= 4 is 22.5 Å². The van der Waals surface area contributed by atoms with Crippen LogP contribution < -0.4 is 4.74 Å². The molecule has 9 heteroatoms. The molecule has 1 aromatic carbocycles. The number of nitrogens with one attached hydrogen (secondary N) is 1. The van der Waals surface area contributed by atoms with Gasteiger partial charge in [0.25, 0.3) is 0 Å². The minimum atomic E-state index is -0.763. The van der Waals surface area contributed by atoms with Gasteiger partial charge in [0.2, 0.25) is 0 Å².